The standard InChI is InChI=1S/C42H27F2N3/c43-28-20-24-32(25-21-28)45(30-10-3-1-4-11-30)36-16-8-18-38-40(36)34-14-7-15-35-41-37(17-9-19-39(41)47(38)42(34)35)46(31-12-5-2-6-13-31)33-26-22-29(44)23-27-33/h1-27H. The number of rotatable bonds is 6. The molecule has 2 aromatic heterocycles. The SMILES string of the molecule is Fc1ccc(N(c2ccccc2)c2cccc3c2c2cccc4c5c(N(c6ccccc6)c6ccc(F)cc6)cccc5n3c24)cc1. The maximum absolute atomic E-state index is 14.1. The average Bonchev–Trinajstić information content (AvgIpc) is 3.65. The zero-order valence-corrected chi connectivity index (χ0v) is 25.2. The van der Waals surface area contributed by atoms with Gasteiger partial charge in [-0.3, -0.25) is 0 Å². The molecule has 0 spiro atoms. The van der Waals surface area contributed by atoms with Gasteiger partial charge in [0.15, 0.2) is 0 Å². The second-order valence-corrected chi connectivity index (χ2v) is 11.7. The molecule has 0 N–H and O–H groups in total. The van der Waals surface area contributed by atoms with E-state index in [1.807, 2.05) is 60.7 Å². The molecule has 0 aliphatic rings. The number of fused-ring (bicyclic) bond motifs is 6. The minimum absolute atomic E-state index is 0.270. The van der Waals surface area contributed by atoms with E-state index in [9.17, 15) is 8.78 Å². The number of benzene rings is 7. The Morgan fingerprint density at radius 3 is 1.17 bits per heavy atom. The molecule has 47 heavy (non-hydrogen) atoms. The minimum atomic E-state index is -0.270. The van der Waals surface area contributed by atoms with Gasteiger partial charge in [0.2, 0.25) is 0 Å². The van der Waals surface area contributed by atoms with Crippen LogP contribution in [0.1, 0.15) is 0 Å². The molecule has 0 radical (unpaired) electrons. The van der Waals surface area contributed by atoms with Crippen LogP contribution in [0.3, 0.4) is 0 Å². The van der Waals surface area contributed by atoms with Gasteiger partial charge in [0.1, 0.15) is 11.6 Å². The second kappa shape index (κ2) is 10.7. The highest BCUT2D eigenvalue weighted by molar-refractivity contribution is 6.28. The molecule has 0 saturated heterocycles. The normalized spacial score (nSPS) is 11.6. The molecule has 0 aliphatic heterocycles. The van der Waals surface area contributed by atoms with Gasteiger partial charge in [0, 0.05) is 44.3 Å². The van der Waals surface area contributed by atoms with Crippen LogP contribution in [-0.4, -0.2) is 4.40 Å². The number of hydrogen-bond donors (Lipinski definition) is 0. The fraction of sp³-hybridized carbons (Fsp3) is 0. The fourth-order valence-corrected chi connectivity index (χ4v) is 7.10. The van der Waals surface area contributed by atoms with Gasteiger partial charge in [0.25, 0.3) is 0 Å². The summed E-state index contributed by atoms with van der Waals surface area (Å²) in [6.07, 6.45) is 0. The van der Waals surface area contributed by atoms with Crippen LogP contribution in [0.25, 0.3) is 38.1 Å². The lowest BCUT2D eigenvalue weighted by Gasteiger charge is -2.27. The summed E-state index contributed by atoms with van der Waals surface area (Å²) in [6.45, 7) is 0. The van der Waals surface area contributed by atoms with Gasteiger partial charge >= 0.3 is 0 Å². The van der Waals surface area contributed by atoms with Crippen molar-refractivity contribution in [3.63, 3.8) is 0 Å². The summed E-state index contributed by atoms with van der Waals surface area (Å²) in [5.41, 5.74) is 9.04. The number of nitrogens with zero attached hydrogens (tertiary/aromatic N) is 3. The molecule has 9 rings (SSSR count). The predicted molar refractivity (Wildman–Crippen MR) is 190 cm³/mol. The molecule has 0 saturated carbocycles. The molecular weight excluding hydrogens is 584 g/mol. The molecule has 0 fully saturated rings. The summed E-state index contributed by atoms with van der Waals surface area (Å²) < 4.78 is 30.6. The maximum Gasteiger partial charge on any atom is 0.123 e. The largest absolute Gasteiger partial charge is 0.310 e. The van der Waals surface area contributed by atoms with Gasteiger partial charge in [-0.15, -0.1) is 0 Å². The number of para-hydroxylation sites is 3. The molecule has 0 amide bonds. The van der Waals surface area contributed by atoms with Crippen molar-refractivity contribution in [2.75, 3.05) is 9.80 Å². The first-order valence-electron chi connectivity index (χ1n) is 15.6. The zero-order chi connectivity index (χ0) is 31.5. The molecule has 224 valence electrons. The summed E-state index contributed by atoms with van der Waals surface area (Å²) in [5.74, 6) is -0.540. The molecule has 5 heteroatoms. The molecule has 0 atom stereocenters. The van der Waals surface area contributed by atoms with E-state index in [1.54, 1.807) is 0 Å². The fourth-order valence-electron chi connectivity index (χ4n) is 7.10. The van der Waals surface area contributed by atoms with E-state index in [4.69, 9.17) is 0 Å². The number of aromatic nitrogens is 1. The Labute approximate surface area is 270 Å². The van der Waals surface area contributed by atoms with Crippen LogP contribution in [-0.2, 0) is 0 Å². The van der Waals surface area contributed by atoms with E-state index in [2.05, 4.69) is 93.1 Å². The average molecular weight is 612 g/mol. The second-order valence-electron chi connectivity index (χ2n) is 11.7. The first-order valence-corrected chi connectivity index (χ1v) is 15.6. The van der Waals surface area contributed by atoms with Crippen LogP contribution in [0.5, 0.6) is 0 Å². The highest BCUT2D eigenvalue weighted by Crippen LogP contribution is 2.49. The van der Waals surface area contributed by atoms with Crippen molar-refractivity contribution in [1.29, 1.82) is 0 Å². The maximum atomic E-state index is 14.1. The highest BCUT2D eigenvalue weighted by Gasteiger charge is 2.25. The first-order chi connectivity index (χ1) is 23.2. The monoisotopic (exact) mass is 611 g/mol. The van der Waals surface area contributed by atoms with Crippen LogP contribution >= 0.6 is 0 Å². The van der Waals surface area contributed by atoms with Crippen molar-refractivity contribution in [3.05, 3.63) is 175 Å². The van der Waals surface area contributed by atoms with Crippen LogP contribution in [0, 0.1) is 11.6 Å². The Hall–Kier alpha value is -6.20. The number of halogens is 2. The van der Waals surface area contributed by atoms with E-state index in [1.165, 1.54) is 24.3 Å². The topological polar surface area (TPSA) is 10.9 Å². The van der Waals surface area contributed by atoms with Crippen LogP contribution in [0.2, 0.25) is 0 Å². The lowest BCUT2D eigenvalue weighted by Crippen LogP contribution is -2.10. The Bertz CT molecular complexity index is 2350. The molecule has 0 bridgehead atoms. The Kier molecular flexibility index (Phi) is 6.18. The van der Waals surface area contributed by atoms with Crippen molar-refractivity contribution in [2.24, 2.45) is 0 Å². The first kappa shape index (κ1) is 27.1. The van der Waals surface area contributed by atoms with Gasteiger partial charge < -0.3 is 14.2 Å². The molecular formula is C42H27F2N3. The third-order valence-electron chi connectivity index (χ3n) is 9.00. The quantitative estimate of drug-likeness (QED) is 0.185. The molecule has 0 unspecified atom stereocenters. The minimum Gasteiger partial charge on any atom is -0.310 e. The van der Waals surface area contributed by atoms with E-state index in [0.29, 0.717) is 0 Å². The molecule has 2 heterocycles. The van der Waals surface area contributed by atoms with Crippen molar-refractivity contribution >= 4 is 72.2 Å². The summed E-state index contributed by atoms with van der Waals surface area (Å²) in [5, 5.41) is 4.50. The van der Waals surface area contributed by atoms with Crippen molar-refractivity contribution in [3.8, 4) is 0 Å². The van der Waals surface area contributed by atoms with E-state index >= 15 is 0 Å². The Morgan fingerprint density at radius 1 is 0.362 bits per heavy atom. The van der Waals surface area contributed by atoms with Gasteiger partial charge in [-0.2, -0.15) is 0 Å². The lowest BCUT2D eigenvalue weighted by atomic mass is 10.0. The van der Waals surface area contributed by atoms with Gasteiger partial charge in [-0.25, -0.2) is 8.78 Å². The third kappa shape index (κ3) is 4.24. The van der Waals surface area contributed by atoms with Crippen LogP contribution < -0.4 is 9.80 Å². The summed E-state index contributed by atoms with van der Waals surface area (Å²) >= 11 is 0. The van der Waals surface area contributed by atoms with E-state index < -0.39 is 0 Å². The molecule has 9 aromatic rings. The number of anilines is 6. The van der Waals surface area contributed by atoms with E-state index in [-0.39, 0.29) is 11.6 Å². The van der Waals surface area contributed by atoms with Gasteiger partial charge in [-0.1, -0.05) is 66.7 Å². The van der Waals surface area contributed by atoms with Crippen molar-refractivity contribution in [1.82, 2.24) is 4.40 Å². The number of hydrogen-bond acceptors (Lipinski definition) is 2. The highest BCUT2D eigenvalue weighted by atomic mass is 19.1. The van der Waals surface area contributed by atoms with Gasteiger partial charge in [-0.05, 0) is 97.1 Å². The Morgan fingerprint density at radius 2 is 0.745 bits per heavy atom. The van der Waals surface area contributed by atoms with Crippen LogP contribution in [0.15, 0.2) is 164 Å². The Balaban J connectivity index is 1.35. The zero-order valence-electron chi connectivity index (χ0n) is 25.2. The molecule has 0 aliphatic carbocycles. The smallest absolute Gasteiger partial charge is 0.123 e. The van der Waals surface area contributed by atoms with Crippen LogP contribution in [0.4, 0.5) is 42.9 Å². The van der Waals surface area contributed by atoms with Crippen molar-refractivity contribution in [2.45, 2.75) is 0 Å². The van der Waals surface area contributed by atoms with E-state index in [0.717, 1.165) is 72.2 Å². The van der Waals surface area contributed by atoms with Crippen molar-refractivity contribution < 1.29 is 8.78 Å². The van der Waals surface area contributed by atoms with Gasteiger partial charge in [0.05, 0.1) is 27.9 Å². The summed E-state index contributed by atoms with van der Waals surface area (Å²) in [7, 11) is 0. The predicted octanol–water partition coefficient (Wildman–Crippen LogP) is 12.1. The molecule has 7 aromatic carbocycles. The summed E-state index contributed by atoms with van der Waals surface area (Å²) in [4.78, 5) is 4.39. The summed E-state index contributed by atoms with van der Waals surface area (Å²) in [6, 6.07) is 53.1. The third-order valence-corrected chi connectivity index (χ3v) is 9.00. The lowest BCUT2D eigenvalue weighted by molar-refractivity contribution is 0.627. The molecule has 3 nitrogen and oxygen atoms in total.